The first-order valence-corrected chi connectivity index (χ1v) is 15.7. The van der Waals surface area contributed by atoms with Crippen molar-refractivity contribution in [3.05, 3.63) is 22.8 Å². The minimum absolute atomic E-state index is 0.000269. The summed E-state index contributed by atoms with van der Waals surface area (Å²) in [4.78, 5) is 14.9. The van der Waals surface area contributed by atoms with Crippen LogP contribution in [0, 0.1) is 35.0 Å². The van der Waals surface area contributed by atoms with Gasteiger partial charge in [0.1, 0.15) is 0 Å². The molecule has 1 spiro atoms. The van der Waals surface area contributed by atoms with Gasteiger partial charge in [0.15, 0.2) is 5.78 Å². The van der Waals surface area contributed by atoms with Crippen molar-refractivity contribution in [3.63, 3.8) is 0 Å². The van der Waals surface area contributed by atoms with Gasteiger partial charge in [-0.3, -0.25) is 9.69 Å². The van der Waals surface area contributed by atoms with Crippen molar-refractivity contribution < 1.29 is 14.3 Å². The fraction of sp³-hybridized carbons (Fsp3) is 0.848. The van der Waals surface area contributed by atoms with Crippen LogP contribution in [-0.2, 0) is 14.3 Å². The van der Waals surface area contributed by atoms with Crippen LogP contribution >= 0.6 is 0 Å². The first-order valence-electron chi connectivity index (χ1n) is 15.7. The molecule has 206 valence electrons. The summed E-state index contributed by atoms with van der Waals surface area (Å²) in [7, 11) is 0. The molecule has 0 aromatic carbocycles. The number of ketones is 1. The molecule has 0 aromatic heterocycles. The van der Waals surface area contributed by atoms with Crippen LogP contribution in [0.1, 0.15) is 98.8 Å². The Labute approximate surface area is 225 Å². The number of hydrogen-bond donors (Lipinski definition) is 0. The van der Waals surface area contributed by atoms with Gasteiger partial charge in [0.2, 0.25) is 0 Å². The van der Waals surface area contributed by atoms with Crippen molar-refractivity contribution in [1.82, 2.24) is 4.90 Å². The molecule has 0 radical (unpaired) electrons. The topological polar surface area (TPSA) is 38.8 Å². The first kappa shape index (κ1) is 26.3. The van der Waals surface area contributed by atoms with E-state index in [0.29, 0.717) is 29.8 Å². The highest BCUT2D eigenvalue weighted by molar-refractivity contribution is 5.91. The van der Waals surface area contributed by atoms with E-state index in [2.05, 4.69) is 39.5 Å². The number of carbonyl (C=O) groups excluding carboxylic acids is 1. The number of rotatable bonds is 5. The fourth-order valence-electron chi connectivity index (χ4n) is 10.2. The minimum atomic E-state index is -0.000269. The van der Waals surface area contributed by atoms with E-state index in [-0.39, 0.29) is 11.0 Å². The smallest absolute Gasteiger partial charge is 0.155 e. The van der Waals surface area contributed by atoms with Crippen molar-refractivity contribution in [2.24, 2.45) is 35.0 Å². The highest BCUT2D eigenvalue weighted by atomic mass is 16.5. The van der Waals surface area contributed by atoms with Gasteiger partial charge in [-0.25, -0.2) is 0 Å². The van der Waals surface area contributed by atoms with Crippen LogP contribution in [0.25, 0.3) is 0 Å². The summed E-state index contributed by atoms with van der Waals surface area (Å²) in [5.41, 5.74) is 5.16. The predicted molar refractivity (Wildman–Crippen MR) is 148 cm³/mol. The molecule has 6 aliphatic rings. The van der Waals surface area contributed by atoms with Crippen molar-refractivity contribution >= 4 is 5.78 Å². The summed E-state index contributed by atoms with van der Waals surface area (Å²) in [6, 6.07) is 0.533. The number of fused-ring (bicyclic) bond motifs is 6. The molecule has 9 atom stereocenters. The van der Waals surface area contributed by atoms with Gasteiger partial charge in [0, 0.05) is 38.1 Å². The van der Waals surface area contributed by atoms with Gasteiger partial charge in [-0.1, -0.05) is 44.4 Å². The molecule has 4 aliphatic carbocycles. The molecule has 6 rings (SSSR count). The molecule has 4 nitrogen and oxygen atoms in total. The Hall–Kier alpha value is -0.970. The quantitative estimate of drug-likeness (QED) is 0.304. The van der Waals surface area contributed by atoms with Gasteiger partial charge >= 0.3 is 0 Å². The third-order valence-corrected chi connectivity index (χ3v) is 12.0. The largest absolute Gasteiger partial charge is 0.380 e. The van der Waals surface area contributed by atoms with E-state index in [1.807, 2.05) is 6.08 Å². The number of allylic oxidation sites excluding steroid dienone is 3. The molecule has 0 bridgehead atoms. The van der Waals surface area contributed by atoms with Gasteiger partial charge in [-0.05, 0) is 99.9 Å². The second kappa shape index (κ2) is 9.89. The molecule has 4 heteroatoms. The molecule has 0 amide bonds. The minimum Gasteiger partial charge on any atom is -0.380 e. The van der Waals surface area contributed by atoms with Gasteiger partial charge in [0.05, 0.1) is 18.3 Å². The Kier molecular flexibility index (Phi) is 7.02. The van der Waals surface area contributed by atoms with Gasteiger partial charge in [0.25, 0.3) is 0 Å². The average molecular weight is 510 g/mol. The normalized spacial score (nSPS) is 45.8. The monoisotopic (exact) mass is 509 g/mol. The molecule has 0 N–H and O–H groups in total. The summed E-state index contributed by atoms with van der Waals surface area (Å²) in [5.74, 6) is 3.87. The standard InChI is InChI=1S/C33H51NO3/c1-6-14-36-15-13-34-20-21(2)16-30-31(34)23(4)33(37-30)12-10-26-27-8-7-24-17-25(35)9-11-32(24,5)29(27)18-28(26)22(3)19-33/h17,21,23,26-27,29-31H,6-16,18-20H2,1-5H3/t21-,23+,26-,27-,29-,30+,31-,32-,33-/m0/s1. The molecule has 37 heavy (non-hydrogen) atoms. The maximum atomic E-state index is 12.2. The maximum absolute atomic E-state index is 12.2. The zero-order valence-electron chi connectivity index (χ0n) is 24.2. The van der Waals surface area contributed by atoms with E-state index in [1.165, 1.54) is 44.2 Å². The highest BCUT2D eigenvalue weighted by Gasteiger charge is 2.59. The van der Waals surface area contributed by atoms with Crippen LogP contribution < -0.4 is 0 Å². The Morgan fingerprint density at radius 1 is 1.16 bits per heavy atom. The molecule has 4 fully saturated rings. The molecular weight excluding hydrogens is 458 g/mol. The molecule has 2 saturated heterocycles. The third-order valence-electron chi connectivity index (χ3n) is 12.0. The Morgan fingerprint density at radius 2 is 2.00 bits per heavy atom. The highest BCUT2D eigenvalue weighted by Crippen LogP contribution is 2.64. The number of ether oxygens (including phenoxy) is 2. The second-order valence-electron chi connectivity index (χ2n) is 14.1. The van der Waals surface area contributed by atoms with Crippen LogP contribution in [-0.4, -0.2) is 54.7 Å². The van der Waals surface area contributed by atoms with E-state index in [4.69, 9.17) is 9.47 Å². The second-order valence-corrected chi connectivity index (χ2v) is 14.1. The van der Waals surface area contributed by atoms with Crippen LogP contribution in [0.3, 0.4) is 0 Å². The number of likely N-dealkylation sites (tertiary alicyclic amines) is 1. The van der Waals surface area contributed by atoms with Crippen LogP contribution in [0.2, 0.25) is 0 Å². The molecule has 2 aliphatic heterocycles. The predicted octanol–water partition coefficient (Wildman–Crippen LogP) is 6.74. The molecule has 0 unspecified atom stereocenters. The summed E-state index contributed by atoms with van der Waals surface area (Å²) in [5, 5.41) is 0. The third kappa shape index (κ3) is 4.32. The lowest BCUT2D eigenvalue weighted by Crippen LogP contribution is -2.52. The van der Waals surface area contributed by atoms with E-state index in [0.717, 1.165) is 69.6 Å². The summed E-state index contributed by atoms with van der Waals surface area (Å²) >= 11 is 0. The van der Waals surface area contributed by atoms with E-state index >= 15 is 0 Å². The summed E-state index contributed by atoms with van der Waals surface area (Å²) < 4.78 is 13.2. The van der Waals surface area contributed by atoms with Crippen LogP contribution in [0.4, 0.5) is 0 Å². The lowest BCUT2D eigenvalue weighted by molar-refractivity contribution is -0.116. The van der Waals surface area contributed by atoms with E-state index < -0.39 is 0 Å². The Bertz CT molecular complexity index is 969. The molecule has 0 aromatic rings. The molecule has 2 saturated carbocycles. The van der Waals surface area contributed by atoms with Crippen LogP contribution in [0.5, 0.6) is 0 Å². The first-order chi connectivity index (χ1) is 17.8. The van der Waals surface area contributed by atoms with Crippen LogP contribution in [0.15, 0.2) is 22.8 Å². The maximum Gasteiger partial charge on any atom is 0.155 e. The lowest BCUT2D eigenvalue weighted by Gasteiger charge is -2.48. The van der Waals surface area contributed by atoms with E-state index in [9.17, 15) is 4.79 Å². The van der Waals surface area contributed by atoms with Gasteiger partial charge in [-0.2, -0.15) is 0 Å². The Balaban J connectivity index is 1.23. The van der Waals surface area contributed by atoms with Gasteiger partial charge in [-0.15, -0.1) is 0 Å². The average Bonchev–Trinajstić information content (AvgIpc) is 3.32. The number of hydrogen-bond acceptors (Lipinski definition) is 4. The molecular formula is C33H51NO3. The van der Waals surface area contributed by atoms with Gasteiger partial charge < -0.3 is 9.47 Å². The SMILES string of the molecule is CCCOCCN1C[C@@H](C)C[C@H]2O[C@]3(CC[C@@H]4C(=C(C)C3)C[C@H]3[C@H]4CCC4=CC(=O)CC[C@@]43C)[C@H](C)[C@@H]21. The zero-order chi connectivity index (χ0) is 25.9. The van der Waals surface area contributed by atoms with Crippen molar-refractivity contribution in [1.29, 1.82) is 0 Å². The van der Waals surface area contributed by atoms with E-state index in [1.54, 1.807) is 11.1 Å². The van der Waals surface area contributed by atoms with Crippen molar-refractivity contribution in [2.75, 3.05) is 26.3 Å². The number of piperidine rings is 1. The number of nitrogens with zero attached hydrogens (tertiary/aromatic N) is 1. The number of carbonyl (C=O) groups is 1. The summed E-state index contributed by atoms with van der Waals surface area (Å²) in [6.07, 6.45) is 13.8. The fourth-order valence-corrected chi connectivity index (χ4v) is 10.2. The zero-order valence-corrected chi connectivity index (χ0v) is 24.2. The van der Waals surface area contributed by atoms with Crippen molar-refractivity contribution in [2.45, 2.75) is 117 Å². The molecule has 2 heterocycles. The summed E-state index contributed by atoms with van der Waals surface area (Å²) in [6.45, 7) is 16.0. The van der Waals surface area contributed by atoms with Crippen molar-refractivity contribution in [3.8, 4) is 0 Å². The lowest BCUT2D eigenvalue weighted by atomic mass is 9.56. The Morgan fingerprint density at radius 3 is 2.81 bits per heavy atom.